The van der Waals surface area contributed by atoms with Gasteiger partial charge in [0.1, 0.15) is 5.69 Å². The van der Waals surface area contributed by atoms with Gasteiger partial charge in [0.05, 0.1) is 12.5 Å². The van der Waals surface area contributed by atoms with E-state index in [0.717, 1.165) is 5.56 Å². The number of aryl methyl sites for hydroxylation is 2. The summed E-state index contributed by atoms with van der Waals surface area (Å²) < 4.78 is 1.70. The zero-order valence-electron chi connectivity index (χ0n) is 9.97. The third kappa shape index (κ3) is 2.72. The molecule has 4 nitrogen and oxygen atoms in total. The second-order valence-corrected chi connectivity index (χ2v) is 4.06. The predicted molar refractivity (Wildman–Crippen MR) is 65.6 cm³/mol. The number of imidazole rings is 1. The largest absolute Gasteiger partial charge is 0.347 e. The number of benzene rings is 1. The third-order valence-corrected chi connectivity index (χ3v) is 2.58. The fourth-order valence-corrected chi connectivity index (χ4v) is 1.67. The molecule has 17 heavy (non-hydrogen) atoms. The maximum Gasteiger partial charge on any atom is 0.269 e. The first-order valence-corrected chi connectivity index (χ1v) is 5.47. The molecule has 0 spiro atoms. The molecular weight excluding hydrogens is 214 g/mol. The summed E-state index contributed by atoms with van der Waals surface area (Å²) in [5, 5.41) is 2.87. The molecule has 0 atom stereocenters. The molecule has 1 aromatic heterocycles. The molecule has 1 N–H and O–H groups in total. The highest BCUT2D eigenvalue weighted by atomic mass is 16.1. The van der Waals surface area contributed by atoms with E-state index < -0.39 is 0 Å². The Balaban J connectivity index is 1.99. The van der Waals surface area contributed by atoms with Crippen LogP contribution in [-0.2, 0) is 13.6 Å². The van der Waals surface area contributed by atoms with Gasteiger partial charge in [-0.25, -0.2) is 4.98 Å². The van der Waals surface area contributed by atoms with Crippen molar-refractivity contribution in [1.82, 2.24) is 14.9 Å². The lowest BCUT2D eigenvalue weighted by atomic mass is 10.1. The van der Waals surface area contributed by atoms with Crippen molar-refractivity contribution in [2.75, 3.05) is 0 Å². The molecule has 0 aliphatic carbocycles. The van der Waals surface area contributed by atoms with Crippen molar-refractivity contribution in [2.45, 2.75) is 13.5 Å². The molecule has 1 heterocycles. The van der Waals surface area contributed by atoms with Crippen LogP contribution >= 0.6 is 0 Å². The number of hydrogen-bond donors (Lipinski definition) is 1. The van der Waals surface area contributed by atoms with Crippen LogP contribution < -0.4 is 5.32 Å². The SMILES string of the molecule is Cc1cccc(CNC(=O)c2cncn2C)c1. The number of carbonyl (C=O) groups excluding carboxylic acids is 1. The molecule has 0 radical (unpaired) electrons. The van der Waals surface area contributed by atoms with Gasteiger partial charge in [0.15, 0.2) is 0 Å². The normalized spacial score (nSPS) is 10.2. The Morgan fingerprint density at radius 3 is 2.94 bits per heavy atom. The molecule has 2 rings (SSSR count). The lowest BCUT2D eigenvalue weighted by Crippen LogP contribution is -2.24. The topological polar surface area (TPSA) is 46.9 Å². The van der Waals surface area contributed by atoms with Gasteiger partial charge in [0.2, 0.25) is 0 Å². The van der Waals surface area contributed by atoms with E-state index in [-0.39, 0.29) is 5.91 Å². The molecule has 88 valence electrons. The zero-order valence-corrected chi connectivity index (χ0v) is 9.97. The monoisotopic (exact) mass is 229 g/mol. The molecule has 0 bridgehead atoms. The average Bonchev–Trinajstić information content (AvgIpc) is 2.72. The van der Waals surface area contributed by atoms with Gasteiger partial charge in [-0.15, -0.1) is 0 Å². The summed E-state index contributed by atoms with van der Waals surface area (Å²) >= 11 is 0. The van der Waals surface area contributed by atoms with Gasteiger partial charge in [0, 0.05) is 13.6 Å². The van der Waals surface area contributed by atoms with E-state index in [1.54, 1.807) is 24.1 Å². The van der Waals surface area contributed by atoms with Gasteiger partial charge in [-0.2, -0.15) is 0 Å². The molecule has 0 saturated heterocycles. The van der Waals surface area contributed by atoms with Crippen LogP contribution in [0.15, 0.2) is 36.8 Å². The van der Waals surface area contributed by atoms with Crippen molar-refractivity contribution in [1.29, 1.82) is 0 Å². The van der Waals surface area contributed by atoms with Crippen LogP contribution in [0.5, 0.6) is 0 Å². The van der Waals surface area contributed by atoms with Crippen molar-refractivity contribution in [3.05, 3.63) is 53.6 Å². The summed E-state index contributed by atoms with van der Waals surface area (Å²) in [6, 6.07) is 8.08. The summed E-state index contributed by atoms with van der Waals surface area (Å²) in [4.78, 5) is 15.7. The highest BCUT2D eigenvalue weighted by molar-refractivity contribution is 5.92. The first-order valence-electron chi connectivity index (χ1n) is 5.47. The lowest BCUT2D eigenvalue weighted by molar-refractivity contribution is 0.0942. The average molecular weight is 229 g/mol. The van der Waals surface area contributed by atoms with Gasteiger partial charge >= 0.3 is 0 Å². The van der Waals surface area contributed by atoms with Crippen LogP contribution in [0.25, 0.3) is 0 Å². The first-order chi connectivity index (χ1) is 8.16. The van der Waals surface area contributed by atoms with Gasteiger partial charge in [-0.3, -0.25) is 4.79 Å². The highest BCUT2D eigenvalue weighted by Crippen LogP contribution is 2.04. The van der Waals surface area contributed by atoms with Crippen molar-refractivity contribution in [3.8, 4) is 0 Å². The van der Waals surface area contributed by atoms with E-state index in [1.165, 1.54) is 5.56 Å². The van der Waals surface area contributed by atoms with Crippen LogP contribution in [0.1, 0.15) is 21.6 Å². The maximum absolute atomic E-state index is 11.8. The fourth-order valence-electron chi connectivity index (χ4n) is 1.67. The molecule has 4 heteroatoms. The molecule has 1 aromatic carbocycles. The lowest BCUT2D eigenvalue weighted by Gasteiger charge is -2.06. The van der Waals surface area contributed by atoms with Gasteiger partial charge in [-0.05, 0) is 12.5 Å². The minimum Gasteiger partial charge on any atom is -0.347 e. The molecule has 0 saturated carbocycles. The third-order valence-electron chi connectivity index (χ3n) is 2.58. The Labute approximate surface area is 100 Å². The Hall–Kier alpha value is -2.10. The van der Waals surface area contributed by atoms with Crippen molar-refractivity contribution < 1.29 is 4.79 Å². The number of aromatic nitrogens is 2. The molecule has 0 aliphatic rings. The number of nitrogens with zero attached hydrogens (tertiary/aromatic N) is 2. The Kier molecular flexibility index (Phi) is 3.23. The van der Waals surface area contributed by atoms with Crippen LogP contribution in [0.4, 0.5) is 0 Å². The van der Waals surface area contributed by atoms with Crippen LogP contribution in [0, 0.1) is 6.92 Å². The van der Waals surface area contributed by atoms with Crippen LogP contribution in [-0.4, -0.2) is 15.5 Å². The molecule has 1 amide bonds. The standard InChI is InChI=1S/C13H15N3O/c1-10-4-3-5-11(6-10)7-15-13(17)12-8-14-9-16(12)2/h3-6,8-9H,7H2,1-2H3,(H,15,17). The van der Waals surface area contributed by atoms with Crippen molar-refractivity contribution in [3.63, 3.8) is 0 Å². The summed E-state index contributed by atoms with van der Waals surface area (Å²) in [6.07, 6.45) is 3.17. The van der Waals surface area contributed by atoms with E-state index in [9.17, 15) is 4.79 Å². The Morgan fingerprint density at radius 1 is 1.47 bits per heavy atom. The molecular formula is C13H15N3O. The minimum absolute atomic E-state index is 0.105. The summed E-state index contributed by atoms with van der Waals surface area (Å²) in [6.45, 7) is 2.57. The number of hydrogen-bond acceptors (Lipinski definition) is 2. The van der Waals surface area contributed by atoms with E-state index in [4.69, 9.17) is 0 Å². The van der Waals surface area contributed by atoms with E-state index in [2.05, 4.69) is 16.4 Å². The Morgan fingerprint density at radius 2 is 2.29 bits per heavy atom. The van der Waals surface area contributed by atoms with E-state index in [1.807, 2.05) is 25.1 Å². The highest BCUT2D eigenvalue weighted by Gasteiger charge is 2.08. The van der Waals surface area contributed by atoms with Gasteiger partial charge < -0.3 is 9.88 Å². The minimum atomic E-state index is -0.105. The predicted octanol–water partition coefficient (Wildman–Crippen LogP) is 1.66. The van der Waals surface area contributed by atoms with E-state index in [0.29, 0.717) is 12.2 Å². The first kappa shape index (κ1) is 11.4. The molecule has 2 aromatic rings. The number of rotatable bonds is 3. The van der Waals surface area contributed by atoms with Gasteiger partial charge in [0.25, 0.3) is 5.91 Å². The van der Waals surface area contributed by atoms with Crippen molar-refractivity contribution in [2.24, 2.45) is 7.05 Å². The smallest absolute Gasteiger partial charge is 0.269 e. The number of nitrogens with one attached hydrogen (secondary N) is 1. The molecule has 0 fully saturated rings. The second kappa shape index (κ2) is 4.82. The maximum atomic E-state index is 11.8. The quantitative estimate of drug-likeness (QED) is 0.870. The summed E-state index contributed by atoms with van der Waals surface area (Å²) in [5.41, 5.74) is 2.86. The Bertz CT molecular complexity index is 531. The summed E-state index contributed by atoms with van der Waals surface area (Å²) in [7, 11) is 1.80. The number of carbonyl (C=O) groups is 1. The second-order valence-electron chi connectivity index (χ2n) is 4.06. The van der Waals surface area contributed by atoms with Crippen LogP contribution in [0.2, 0.25) is 0 Å². The van der Waals surface area contributed by atoms with Crippen LogP contribution in [0.3, 0.4) is 0 Å². The molecule has 0 aliphatic heterocycles. The zero-order chi connectivity index (χ0) is 12.3. The van der Waals surface area contributed by atoms with E-state index >= 15 is 0 Å². The fraction of sp³-hybridized carbons (Fsp3) is 0.231. The van der Waals surface area contributed by atoms with Crippen molar-refractivity contribution >= 4 is 5.91 Å². The molecule has 0 unspecified atom stereocenters. The number of amides is 1. The summed E-state index contributed by atoms with van der Waals surface area (Å²) in [5.74, 6) is -0.105. The van der Waals surface area contributed by atoms with Gasteiger partial charge in [-0.1, -0.05) is 29.8 Å².